The molecule has 2 aromatic rings. The van der Waals surface area contributed by atoms with Crippen molar-refractivity contribution < 1.29 is 9.59 Å². The summed E-state index contributed by atoms with van der Waals surface area (Å²) in [5.41, 5.74) is 10.7. The third kappa shape index (κ3) is 4.78. The third-order valence-electron chi connectivity index (χ3n) is 5.69. The van der Waals surface area contributed by atoms with Crippen molar-refractivity contribution in [1.82, 2.24) is 4.90 Å². The van der Waals surface area contributed by atoms with Crippen LogP contribution in [0.5, 0.6) is 0 Å². The lowest BCUT2D eigenvalue weighted by atomic mass is 10.1. The Morgan fingerprint density at radius 3 is 2.64 bits per heavy atom. The Labute approximate surface area is 197 Å². The van der Waals surface area contributed by atoms with E-state index in [1.807, 2.05) is 32.0 Å². The second kappa shape index (κ2) is 9.51. The Bertz CT molecular complexity index is 1220. The van der Waals surface area contributed by atoms with Gasteiger partial charge in [-0.25, -0.2) is 4.99 Å². The molecule has 1 fully saturated rings. The fraction of sp³-hybridized carbons (Fsp3) is 0.280. The maximum absolute atomic E-state index is 13.3. The van der Waals surface area contributed by atoms with E-state index in [4.69, 9.17) is 16.0 Å². The lowest BCUT2D eigenvalue weighted by Gasteiger charge is -2.16. The molecular formula is C25H25N5O2S. The molecule has 0 aromatic heterocycles. The van der Waals surface area contributed by atoms with Gasteiger partial charge >= 0.3 is 0 Å². The molecule has 2 aromatic carbocycles. The Morgan fingerprint density at radius 1 is 1.18 bits per heavy atom. The van der Waals surface area contributed by atoms with Gasteiger partial charge in [0.05, 0.1) is 22.9 Å². The number of nitrogens with one attached hydrogen (secondary N) is 1. The summed E-state index contributed by atoms with van der Waals surface area (Å²) >= 11 is 1.19. The number of hydrogen-bond donors (Lipinski definition) is 2. The first-order valence-corrected chi connectivity index (χ1v) is 11.7. The highest BCUT2D eigenvalue weighted by atomic mass is 32.2. The van der Waals surface area contributed by atoms with Gasteiger partial charge in [0.15, 0.2) is 0 Å². The van der Waals surface area contributed by atoms with Gasteiger partial charge in [0.25, 0.3) is 5.91 Å². The summed E-state index contributed by atoms with van der Waals surface area (Å²) in [6.45, 7) is 5.33. The fourth-order valence-corrected chi connectivity index (χ4v) is 5.08. The molecule has 0 spiro atoms. The maximum Gasteiger partial charge on any atom is 0.258 e. The quantitative estimate of drug-likeness (QED) is 0.722. The zero-order valence-corrected chi connectivity index (χ0v) is 19.4. The molecule has 0 bridgehead atoms. The van der Waals surface area contributed by atoms with E-state index < -0.39 is 5.25 Å². The number of carbonyl (C=O) groups is 2. The molecule has 1 unspecified atom stereocenters. The van der Waals surface area contributed by atoms with Gasteiger partial charge < -0.3 is 16.0 Å². The van der Waals surface area contributed by atoms with Crippen molar-refractivity contribution >= 4 is 40.0 Å². The molecule has 2 aliphatic heterocycles. The van der Waals surface area contributed by atoms with Gasteiger partial charge in [-0.05, 0) is 56.5 Å². The van der Waals surface area contributed by atoms with Crippen LogP contribution in [0.15, 0.2) is 58.7 Å². The molecule has 4 rings (SSSR count). The van der Waals surface area contributed by atoms with E-state index >= 15 is 0 Å². The average Bonchev–Trinajstić information content (AvgIpc) is 3.44. The van der Waals surface area contributed by atoms with Crippen LogP contribution < -0.4 is 11.1 Å². The number of aryl methyl sites for hydroxylation is 2. The van der Waals surface area contributed by atoms with Crippen LogP contribution in [0.25, 0.3) is 0 Å². The molecule has 33 heavy (non-hydrogen) atoms. The molecule has 1 atom stereocenters. The summed E-state index contributed by atoms with van der Waals surface area (Å²) in [6, 6.07) is 14.6. The lowest BCUT2D eigenvalue weighted by Crippen LogP contribution is -2.33. The molecular weight excluding hydrogens is 434 g/mol. The molecule has 2 amide bonds. The van der Waals surface area contributed by atoms with E-state index in [2.05, 4.69) is 11.4 Å². The van der Waals surface area contributed by atoms with E-state index in [-0.39, 0.29) is 17.5 Å². The number of thioether (sulfide) groups is 1. The Hall–Kier alpha value is -3.57. The monoisotopic (exact) mass is 459 g/mol. The number of nitriles is 1. The number of aliphatic imine (C=N–C) groups is 1. The highest BCUT2D eigenvalue weighted by Crippen LogP contribution is 2.37. The molecule has 0 aliphatic carbocycles. The van der Waals surface area contributed by atoms with Crippen molar-refractivity contribution in [2.24, 2.45) is 10.7 Å². The van der Waals surface area contributed by atoms with Gasteiger partial charge in [-0.15, -0.1) is 0 Å². The minimum Gasteiger partial charge on any atom is -0.400 e. The van der Waals surface area contributed by atoms with E-state index in [1.54, 1.807) is 29.2 Å². The molecule has 0 saturated carbocycles. The van der Waals surface area contributed by atoms with Crippen LogP contribution in [0.2, 0.25) is 0 Å². The molecule has 7 nitrogen and oxygen atoms in total. The predicted molar refractivity (Wildman–Crippen MR) is 131 cm³/mol. The Balaban J connectivity index is 1.68. The minimum absolute atomic E-state index is 0.178. The first-order chi connectivity index (χ1) is 15.9. The standard InChI is InChI=1S/C25H25N5O2S/c1-15-8-9-19(16(2)12-15)29-24-20(25(32)30-10-3-4-11-30)21(27)22(33-24)23(31)28-18-7-5-6-17(13-18)14-26/h5-9,12-13,22H,3-4,10-11,27H2,1-2H3,(H,28,31). The van der Waals surface area contributed by atoms with Crippen molar-refractivity contribution in [3.8, 4) is 6.07 Å². The molecule has 1 saturated heterocycles. The van der Waals surface area contributed by atoms with Crippen LogP contribution in [-0.2, 0) is 9.59 Å². The van der Waals surface area contributed by atoms with Crippen LogP contribution in [0.4, 0.5) is 11.4 Å². The highest BCUT2D eigenvalue weighted by Gasteiger charge is 2.40. The zero-order valence-electron chi connectivity index (χ0n) is 18.6. The number of benzene rings is 2. The highest BCUT2D eigenvalue weighted by molar-refractivity contribution is 8.16. The van der Waals surface area contributed by atoms with E-state index in [1.165, 1.54) is 11.8 Å². The number of anilines is 1. The van der Waals surface area contributed by atoms with Gasteiger partial charge in [-0.2, -0.15) is 5.26 Å². The van der Waals surface area contributed by atoms with Crippen molar-refractivity contribution in [2.75, 3.05) is 18.4 Å². The summed E-state index contributed by atoms with van der Waals surface area (Å²) in [6.07, 6.45) is 1.91. The fourth-order valence-electron chi connectivity index (χ4n) is 3.97. The molecule has 2 heterocycles. The molecule has 8 heteroatoms. The molecule has 3 N–H and O–H groups in total. The first-order valence-electron chi connectivity index (χ1n) is 10.8. The predicted octanol–water partition coefficient (Wildman–Crippen LogP) is 3.79. The number of nitrogens with zero attached hydrogens (tertiary/aromatic N) is 3. The number of rotatable bonds is 4. The summed E-state index contributed by atoms with van der Waals surface area (Å²) in [7, 11) is 0. The number of amides is 2. The second-order valence-electron chi connectivity index (χ2n) is 8.22. The van der Waals surface area contributed by atoms with Gasteiger partial charge in [-0.3, -0.25) is 9.59 Å². The number of nitrogens with two attached hydrogens (primary N) is 1. The van der Waals surface area contributed by atoms with Gasteiger partial charge in [0, 0.05) is 24.5 Å². The zero-order chi connectivity index (χ0) is 23.5. The SMILES string of the molecule is Cc1ccc(N=C2SC(C(=O)Nc3cccc(C#N)c3)C(N)=C2C(=O)N2CCCC2)c(C)c1. The Morgan fingerprint density at radius 2 is 1.94 bits per heavy atom. The third-order valence-corrected chi connectivity index (χ3v) is 6.92. The molecule has 2 aliphatic rings. The summed E-state index contributed by atoms with van der Waals surface area (Å²) in [5.74, 6) is -0.534. The van der Waals surface area contributed by atoms with Crippen LogP contribution in [0.1, 0.15) is 29.5 Å². The smallest absolute Gasteiger partial charge is 0.258 e. The molecule has 168 valence electrons. The topological polar surface area (TPSA) is 112 Å². The average molecular weight is 460 g/mol. The van der Waals surface area contributed by atoms with Crippen LogP contribution in [0, 0.1) is 25.2 Å². The van der Waals surface area contributed by atoms with Gasteiger partial charge in [0.1, 0.15) is 10.3 Å². The van der Waals surface area contributed by atoms with Crippen LogP contribution in [0.3, 0.4) is 0 Å². The largest absolute Gasteiger partial charge is 0.400 e. The summed E-state index contributed by atoms with van der Waals surface area (Å²) < 4.78 is 0. The second-order valence-corrected chi connectivity index (χ2v) is 9.31. The van der Waals surface area contributed by atoms with Crippen molar-refractivity contribution in [2.45, 2.75) is 31.9 Å². The normalized spacial score (nSPS) is 19.1. The maximum atomic E-state index is 13.3. The van der Waals surface area contributed by atoms with E-state index in [9.17, 15) is 9.59 Å². The van der Waals surface area contributed by atoms with Crippen LogP contribution >= 0.6 is 11.8 Å². The number of hydrogen-bond acceptors (Lipinski definition) is 6. The van der Waals surface area contributed by atoms with Gasteiger partial charge in [-0.1, -0.05) is 35.5 Å². The number of likely N-dealkylation sites (tertiary alicyclic amines) is 1. The van der Waals surface area contributed by atoms with E-state index in [0.717, 1.165) is 29.7 Å². The van der Waals surface area contributed by atoms with Crippen molar-refractivity contribution in [1.29, 1.82) is 5.26 Å². The minimum atomic E-state index is -0.790. The first kappa shape index (κ1) is 22.6. The van der Waals surface area contributed by atoms with E-state index in [0.29, 0.717) is 35.0 Å². The van der Waals surface area contributed by atoms with Crippen LogP contribution in [-0.4, -0.2) is 40.1 Å². The Kier molecular flexibility index (Phi) is 6.52. The van der Waals surface area contributed by atoms with Crippen molar-refractivity contribution in [3.63, 3.8) is 0 Å². The summed E-state index contributed by atoms with van der Waals surface area (Å²) in [5, 5.41) is 11.6. The van der Waals surface area contributed by atoms with Crippen molar-refractivity contribution in [3.05, 3.63) is 70.4 Å². The van der Waals surface area contributed by atoms with Gasteiger partial charge in [0.2, 0.25) is 5.91 Å². The molecule has 0 radical (unpaired) electrons. The summed E-state index contributed by atoms with van der Waals surface area (Å²) in [4.78, 5) is 33.0. The lowest BCUT2D eigenvalue weighted by molar-refractivity contribution is -0.125. The number of carbonyl (C=O) groups excluding carboxylic acids is 2.